The normalized spacial score (nSPS) is 12.4. The Kier molecular flexibility index (Phi) is 12.3. The van der Waals surface area contributed by atoms with Gasteiger partial charge in [0.25, 0.3) is 0 Å². The molecule has 0 aliphatic rings. The molecule has 214 valence electrons. The van der Waals surface area contributed by atoms with Crippen LogP contribution in [0.3, 0.4) is 0 Å². The number of anilines is 2. The second-order valence-electron chi connectivity index (χ2n) is 9.22. The van der Waals surface area contributed by atoms with Crippen molar-refractivity contribution in [3.05, 3.63) is 101 Å². The number of amides is 1. The van der Waals surface area contributed by atoms with Crippen LogP contribution in [0, 0.1) is 25.6 Å². The molecule has 0 fully saturated rings. The van der Waals surface area contributed by atoms with E-state index in [0.29, 0.717) is 12.3 Å². The fourth-order valence-electron chi connectivity index (χ4n) is 3.51. The molecule has 6 nitrogen and oxygen atoms in total. The van der Waals surface area contributed by atoms with E-state index in [2.05, 4.69) is 59.2 Å². The number of allylic oxidation sites excluding steroid dienone is 2. The maximum absolute atomic E-state index is 12.5. The van der Waals surface area contributed by atoms with Crippen molar-refractivity contribution < 1.29 is 22.4 Å². The van der Waals surface area contributed by atoms with Gasteiger partial charge in [-0.25, -0.2) is 9.38 Å². The summed E-state index contributed by atoms with van der Waals surface area (Å²) in [6.45, 7) is 11.3. The Morgan fingerprint density at radius 2 is 1.88 bits per heavy atom. The predicted molar refractivity (Wildman–Crippen MR) is 153 cm³/mol. The van der Waals surface area contributed by atoms with Gasteiger partial charge in [0.15, 0.2) is 5.82 Å². The van der Waals surface area contributed by atoms with E-state index in [0.717, 1.165) is 60.5 Å². The molecule has 0 spiro atoms. The standard InChI is InChI=1S/C22H29N5O.C8H6F4/c1-5-11-23-21(12-16(3)6-2)25-22-14-20(26-27-22)10-8-18-13-19(24-15-28)9-7-17(18)4;1-5-4-6(8(10,11)12)2-3-7(5)9/h5,7,9,11-16H,1,6,8,10H2,2-4H3,(H,24,28)(H2,25,26,27);2-4H,1H3/b21-12+,23-11-;. The number of hydrogen-bond acceptors (Lipinski definition) is 4. The molecule has 0 bridgehead atoms. The van der Waals surface area contributed by atoms with E-state index in [-0.39, 0.29) is 5.56 Å². The van der Waals surface area contributed by atoms with Gasteiger partial charge in [0, 0.05) is 23.7 Å². The molecule has 3 rings (SSSR count). The first-order valence-corrected chi connectivity index (χ1v) is 12.8. The molecular weight excluding hydrogens is 522 g/mol. The van der Waals surface area contributed by atoms with E-state index in [4.69, 9.17) is 0 Å². The number of aromatic amines is 1. The van der Waals surface area contributed by atoms with E-state index < -0.39 is 17.6 Å². The summed E-state index contributed by atoms with van der Waals surface area (Å²) in [5.41, 5.74) is 3.43. The molecular formula is C30H35F4N5O. The minimum absolute atomic E-state index is 0.00447. The van der Waals surface area contributed by atoms with Gasteiger partial charge in [-0.15, -0.1) is 0 Å². The third-order valence-corrected chi connectivity index (χ3v) is 6.02. The van der Waals surface area contributed by atoms with Crippen LogP contribution in [-0.2, 0) is 23.8 Å². The van der Waals surface area contributed by atoms with Gasteiger partial charge in [0.2, 0.25) is 6.41 Å². The number of aliphatic imine (C=N–C) groups is 1. The summed E-state index contributed by atoms with van der Waals surface area (Å²) >= 11 is 0. The minimum Gasteiger partial charge on any atom is -0.329 e. The minimum atomic E-state index is -4.39. The average Bonchev–Trinajstić information content (AvgIpc) is 3.36. The highest BCUT2D eigenvalue weighted by Gasteiger charge is 2.30. The Hall–Kier alpha value is -4.21. The van der Waals surface area contributed by atoms with Crippen molar-refractivity contribution >= 4 is 24.1 Å². The Morgan fingerprint density at radius 1 is 1.12 bits per heavy atom. The Balaban J connectivity index is 0.000000389. The van der Waals surface area contributed by atoms with E-state index in [1.807, 2.05) is 24.3 Å². The smallest absolute Gasteiger partial charge is 0.329 e. The zero-order valence-corrected chi connectivity index (χ0v) is 23.1. The molecule has 0 saturated carbocycles. The van der Waals surface area contributed by atoms with E-state index >= 15 is 0 Å². The fourth-order valence-corrected chi connectivity index (χ4v) is 3.51. The van der Waals surface area contributed by atoms with Crippen LogP contribution in [0.15, 0.2) is 72.0 Å². The van der Waals surface area contributed by atoms with Gasteiger partial charge in [0.1, 0.15) is 11.6 Å². The number of hydrogen-bond donors (Lipinski definition) is 3. The van der Waals surface area contributed by atoms with Crippen LogP contribution in [-0.4, -0.2) is 22.8 Å². The molecule has 0 aliphatic heterocycles. The Bertz CT molecular complexity index is 1330. The van der Waals surface area contributed by atoms with Crippen LogP contribution >= 0.6 is 0 Å². The predicted octanol–water partition coefficient (Wildman–Crippen LogP) is 7.78. The molecule has 0 radical (unpaired) electrons. The fraction of sp³-hybridized carbons (Fsp3) is 0.300. The number of benzene rings is 2. The van der Waals surface area contributed by atoms with Gasteiger partial charge >= 0.3 is 6.18 Å². The highest BCUT2D eigenvalue weighted by Crippen LogP contribution is 2.30. The third-order valence-electron chi connectivity index (χ3n) is 6.02. The lowest BCUT2D eigenvalue weighted by molar-refractivity contribution is -0.137. The van der Waals surface area contributed by atoms with Crippen molar-refractivity contribution in [2.75, 3.05) is 10.6 Å². The van der Waals surface area contributed by atoms with Crippen molar-refractivity contribution in [3.63, 3.8) is 0 Å². The third kappa shape index (κ3) is 10.5. The molecule has 10 heteroatoms. The summed E-state index contributed by atoms with van der Waals surface area (Å²) in [4.78, 5) is 15.0. The number of rotatable bonds is 11. The van der Waals surface area contributed by atoms with Crippen LogP contribution in [0.25, 0.3) is 0 Å². The van der Waals surface area contributed by atoms with Gasteiger partial charge in [0.05, 0.1) is 5.56 Å². The van der Waals surface area contributed by atoms with Crippen molar-refractivity contribution in [1.82, 2.24) is 10.2 Å². The zero-order valence-electron chi connectivity index (χ0n) is 23.1. The molecule has 1 aromatic heterocycles. The summed E-state index contributed by atoms with van der Waals surface area (Å²) in [5, 5.41) is 13.4. The molecule has 1 amide bonds. The zero-order chi connectivity index (χ0) is 29.7. The second kappa shape index (κ2) is 15.4. The number of aromatic nitrogens is 2. The summed E-state index contributed by atoms with van der Waals surface area (Å²) in [6, 6.07) is 10.3. The second-order valence-corrected chi connectivity index (χ2v) is 9.22. The summed E-state index contributed by atoms with van der Waals surface area (Å²) < 4.78 is 48.5. The molecule has 3 N–H and O–H groups in total. The summed E-state index contributed by atoms with van der Waals surface area (Å²) in [6.07, 6.45) is 4.42. The molecule has 0 saturated heterocycles. The first kappa shape index (κ1) is 32.0. The molecule has 1 atom stereocenters. The number of alkyl halides is 3. The van der Waals surface area contributed by atoms with E-state index in [1.165, 1.54) is 18.1 Å². The summed E-state index contributed by atoms with van der Waals surface area (Å²) in [7, 11) is 0. The lowest BCUT2D eigenvalue weighted by atomic mass is 10.0. The molecule has 1 heterocycles. The van der Waals surface area contributed by atoms with Crippen molar-refractivity contribution in [2.45, 2.75) is 53.1 Å². The molecule has 2 aromatic carbocycles. The molecule has 1 unspecified atom stereocenters. The highest BCUT2D eigenvalue weighted by molar-refractivity contribution is 5.72. The van der Waals surface area contributed by atoms with Crippen molar-refractivity contribution in [1.29, 1.82) is 0 Å². The van der Waals surface area contributed by atoms with Crippen LogP contribution in [0.1, 0.15) is 48.2 Å². The largest absolute Gasteiger partial charge is 0.416 e. The lowest BCUT2D eigenvalue weighted by Gasteiger charge is -2.08. The van der Waals surface area contributed by atoms with E-state index in [9.17, 15) is 22.4 Å². The monoisotopic (exact) mass is 557 g/mol. The number of nitrogens with zero attached hydrogens (tertiary/aromatic N) is 2. The molecule has 0 aliphatic carbocycles. The number of halogens is 4. The van der Waals surface area contributed by atoms with Crippen LogP contribution in [0.2, 0.25) is 0 Å². The van der Waals surface area contributed by atoms with Gasteiger partial charge in [-0.3, -0.25) is 9.89 Å². The topological polar surface area (TPSA) is 82.2 Å². The number of carbonyl (C=O) groups is 1. The highest BCUT2D eigenvalue weighted by atomic mass is 19.4. The lowest BCUT2D eigenvalue weighted by Crippen LogP contribution is -2.05. The van der Waals surface area contributed by atoms with Crippen LogP contribution in [0.5, 0.6) is 0 Å². The molecule has 40 heavy (non-hydrogen) atoms. The number of aryl methyl sites for hydroxylation is 4. The quantitative estimate of drug-likeness (QED) is 0.128. The average molecular weight is 558 g/mol. The van der Waals surface area contributed by atoms with Gasteiger partial charge in [-0.1, -0.05) is 32.6 Å². The first-order chi connectivity index (χ1) is 19.0. The number of H-pyrrole nitrogens is 1. The number of carbonyl (C=O) groups excluding carboxylic acids is 1. The Labute approximate surface area is 232 Å². The van der Waals surface area contributed by atoms with Crippen molar-refractivity contribution in [3.8, 4) is 0 Å². The number of nitrogens with one attached hydrogen (secondary N) is 3. The first-order valence-electron chi connectivity index (χ1n) is 12.8. The van der Waals surface area contributed by atoms with Crippen LogP contribution < -0.4 is 10.6 Å². The van der Waals surface area contributed by atoms with E-state index in [1.54, 1.807) is 12.3 Å². The summed E-state index contributed by atoms with van der Waals surface area (Å²) in [5.74, 6) is 1.29. The van der Waals surface area contributed by atoms with Gasteiger partial charge in [-0.05, 0) is 92.1 Å². The van der Waals surface area contributed by atoms with Crippen molar-refractivity contribution in [2.24, 2.45) is 10.9 Å². The Morgan fingerprint density at radius 3 is 2.50 bits per heavy atom. The van der Waals surface area contributed by atoms with Gasteiger partial charge < -0.3 is 10.6 Å². The maximum atomic E-state index is 12.5. The van der Waals surface area contributed by atoms with Crippen LogP contribution in [0.4, 0.5) is 29.1 Å². The van der Waals surface area contributed by atoms with Gasteiger partial charge in [-0.2, -0.15) is 18.3 Å². The maximum Gasteiger partial charge on any atom is 0.416 e. The SMILES string of the molecule is C=C/C=N\C(=C/C(C)CC)Nc1cc(CCc2cc(NC=O)ccc2C)[nH]n1.Cc1cc(C(F)(F)F)ccc1F. The molecule has 3 aromatic rings.